The molecule has 0 amide bonds. The Morgan fingerprint density at radius 2 is 2.15 bits per heavy atom. The summed E-state index contributed by atoms with van der Waals surface area (Å²) in [5, 5.41) is 3.36. The van der Waals surface area contributed by atoms with Crippen molar-refractivity contribution in [2.75, 3.05) is 25.6 Å². The van der Waals surface area contributed by atoms with Crippen LogP contribution in [0.2, 0.25) is 0 Å². The molecule has 1 fully saturated rings. The first-order chi connectivity index (χ1) is 9.64. The van der Waals surface area contributed by atoms with Crippen molar-refractivity contribution in [2.24, 2.45) is 5.92 Å². The number of anilines is 1. The molecule has 1 aromatic carbocycles. The first kappa shape index (κ1) is 15.3. The van der Waals surface area contributed by atoms with Gasteiger partial charge in [0.25, 0.3) is 0 Å². The van der Waals surface area contributed by atoms with Crippen LogP contribution in [0.4, 0.5) is 5.69 Å². The van der Waals surface area contributed by atoms with Crippen LogP contribution in [0.5, 0.6) is 0 Å². The molecule has 4 nitrogen and oxygen atoms in total. The molecule has 1 aliphatic rings. The summed E-state index contributed by atoms with van der Waals surface area (Å²) in [6.07, 6.45) is 2.03. The van der Waals surface area contributed by atoms with Gasteiger partial charge < -0.3 is 14.8 Å². The molecule has 1 N–H and O–H groups in total. The molecule has 1 aliphatic carbocycles. The van der Waals surface area contributed by atoms with Crippen molar-refractivity contribution in [1.29, 1.82) is 0 Å². The number of rotatable bonds is 7. The summed E-state index contributed by atoms with van der Waals surface area (Å²) in [7, 11) is 1.61. The second-order valence-corrected chi connectivity index (χ2v) is 5.86. The van der Waals surface area contributed by atoms with Crippen molar-refractivity contribution < 1.29 is 14.3 Å². The average molecular weight is 342 g/mol. The first-order valence-corrected chi connectivity index (χ1v) is 7.62. The van der Waals surface area contributed by atoms with Gasteiger partial charge in [-0.3, -0.25) is 0 Å². The number of para-hydroxylation sites is 1. The Bertz CT molecular complexity index is 476. The fraction of sp³-hybridized carbons (Fsp3) is 0.533. The lowest BCUT2D eigenvalue weighted by Gasteiger charge is -2.33. The predicted octanol–water partition coefficient (Wildman–Crippen LogP) is 3.22. The highest BCUT2D eigenvalue weighted by Crippen LogP contribution is 2.43. The van der Waals surface area contributed by atoms with Crippen molar-refractivity contribution in [2.45, 2.75) is 25.3 Å². The van der Waals surface area contributed by atoms with E-state index in [4.69, 9.17) is 9.47 Å². The second kappa shape index (κ2) is 6.59. The van der Waals surface area contributed by atoms with Gasteiger partial charge in [0.2, 0.25) is 0 Å². The van der Waals surface area contributed by atoms with Crippen LogP contribution in [0.3, 0.4) is 0 Å². The molecule has 0 bridgehead atoms. The number of nitrogens with one attached hydrogen (secondary N) is 1. The van der Waals surface area contributed by atoms with Crippen LogP contribution in [-0.4, -0.2) is 31.8 Å². The van der Waals surface area contributed by atoms with E-state index in [1.165, 1.54) is 0 Å². The summed E-state index contributed by atoms with van der Waals surface area (Å²) in [4.78, 5) is 12.5. The summed E-state index contributed by atoms with van der Waals surface area (Å²) in [5.74, 6) is 0.0220. The SMILES string of the molecule is CCOC(=O)C(COC)(Nc1ccccc1Br)C1CC1. The largest absolute Gasteiger partial charge is 0.464 e. The fourth-order valence-electron chi connectivity index (χ4n) is 2.40. The molecule has 1 unspecified atom stereocenters. The van der Waals surface area contributed by atoms with E-state index in [1.54, 1.807) is 7.11 Å². The third-order valence-corrected chi connectivity index (χ3v) is 4.21. The summed E-state index contributed by atoms with van der Waals surface area (Å²) in [5.41, 5.74) is 0.0822. The smallest absolute Gasteiger partial charge is 0.334 e. The van der Waals surface area contributed by atoms with Gasteiger partial charge in [-0.15, -0.1) is 0 Å². The molecular weight excluding hydrogens is 322 g/mol. The Balaban J connectivity index is 2.30. The standard InChI is InChI=1S/C15H20BrNO3/c1-3-20-14(18)15(10-19-2,11-8-9-11)17-13-7-5-4-6-12(13)16/h4-7,11,17H,3,8-10H2,1-2H3. The maximum Gasteiger partial charge on any atom is 0.334 e. The molecule has 0 aromatic heterocycles. The van der Waals surface area contributed by atoms with Gasteiger partial charge in [0.05, 0.1) is 13.2 Å². The van der Waals surface area contributed by atoms with Gasteiger partial charge in [0.1, 0.15) is 0 Å². The van der Waals surface area contributed by atoms with Crippen molar-refractivity contribution in [3.05, 3.63) is 28.7 Å². The molecule has 0 saturated heterocycles. The number of carbonyl (C=O) groups excluding carboxylic acids is 1. The molecule has 5 heteroatoms. The van der Waals surface area contributed by atoms with Gasteiger partial charge in [0.15, 0.2) is 5.54 Å². The highest BCUT2D eigenvalue weighted by atomic mass is 79.9. The number of methoxy groups -OCH3 is 1. The van der Waals surface area contributed by atoms with Crippen LogP contribution in [0.1, 0.15) is 19.8 Å². The number of benzene rings is 1. The molecular formula is C15H20BrNO3. The zero-order valence-electron chi connectivity index (χ0n) is 11.8. The van der Waals surface area contributed by atoms with Crippen LogP contribution in [-0.2, 0) is 14.3 Å². The first-order valence-electron chi connectivity index (χ1n) is 6.83. The van der Waals surface area contributed by atoms with E-state index in [0.29, 0.717) is 13.2 Å². The molecule has 0 radical (unpaired) electrons. The van der Waals surface area contributed by atoms with E-state index in [0.717, 1.165) is 23.0 Å². The lowest BCUT2D eigenvalue weighted by atomic mass is 9.93. The van der Waals surface area contributed by atoms with Crippen molar-refractivity contribution in [1.82, 2.24) is 0 Å². The molecule has 1 atom stereocenters. The van der Waals surface area contributed by atoms with E-state index in [9.17, 15) is 4.79 Å². The molecule has 0 heterocycles. The number of hydrogen-bond acceptors (Lipinski definition) is 4. The third-order valence-electron chi connectivity index (χ3n) is 3.52. The molecule has 1 saturated carbocycles. The second-order valence-electron chi connectivity index (χ2n) is 5.00. The summed E-state index contributed by atoms with van der Waals surface area (Å²) >= 11 is 3.50. The maximum atomic E-state index is 12.5. The van der Waals surface area contributed by atoms with E-state index >= 15 is 0 Å². The van der Waals surface area contributed by atoms with Crippen LogP contribution < -0.4 is 5.32 Å². The van der Waals surface area contributed by atoms with Crippen molar-refractivity contribution >= 4 is 27.6 Å². The Kier molecular flexibility index (Phi) is 5.05. The Hall–Kier alpha value is -1.07. The predicted molar refractivity (Wildman–Crippen MR) is 81.7 cm³/mol. The molecule has 0 spiro atoms. The highest BCUT2D eigenvalue weighted by molar-refractivity contribution is 9.10. The lowest BCUT2D eigenvalue weighted by molar-refractivity contribution is -0.151. The zero-order chi connectivity index (χ0) is 14.6. The molecule has 2 rings (SSSR count). The van der Waals surface area contributed by atoms with Gasteiger partial charge >= 0.3 is 5.97 Å². The summed E-state index contributed by atoms with van der Waals surface area (Å²) < 4.78 is 11.5. The van der Waals surface area contributed by atoms with E-state index in [1.807, 2.05) is 31.2 Å². The zero-order valence-corrected chi connectivity index (χ0v) is 13.4. The fourth-order valence-corrected chi connectivity index (χ4v) is 2.78. The van der Waals surface area contributed by atoms with E-state index < -0.39 is 5.54 Å². The van der Waals surface area contributed by atoms with Crippen molar-refractivity contribution in [3.63, 3.8) is 0 Å². The van der Waals surface area contributed by atoms with Gasteiger partial charge in [-0.05, 0) is 53.7 Å². The summed E-state index contributed by atoms with van der Waals surface area (Å²) in [6, 6.07) is 7.76. The summed E-state index contributed by atoms with van der Waals surface area (Å²) in [6.45, 7) is 2.49. The number of hydrogen-bond donors (Lipinski definition) is 1. The molecule has 20 heavy (non-hydrogen) atoms. The Morgan fingerprint density at radius 3 is 2.70 bits per heavy atom. The normalized spacial score (nSPS) is 17.4. The quantitative estimate of drug-likeness (QED) is 0.773. The van der Waals surface area contributed by atoms with Crippen LogP contribution >= 0.6 is 15.9 Å². The lowest BCUT2D eigenvalue weighted by Crippen LogP contribution is -2.53. The monoisotopic (exact) mass is 341 g/mol. The number of esters is 1. The highest BCUT2D eigenvalue weighted by Gasteiger charge is 2.52. The van der Waals surface area contributed by atoms with Crippen LogP contribution in [0.15, 0.2) is 28.7 Å². The minimum absolute atomic E-state index is 0.236. The minimum Gasteiger partial charge on any atom is -0.464 e. The van der Waals surface area contributed by atoms with Crippen LogP contribution in [0, 0.1) is 5.92 Å². The molecule has 0 aliphatic heterocycles. The third kappa shape index (κ3) is 3.15. The van der Waals surface area contributed by atoms with Gasteiger partial charge in [-0.2, -0.15) is 0 Å². The topological polar surface area (TPSA) is 47.6 Å². The maximum absolute atomic E-state index is 12.5. The van der Waals surface area contributed by atoms with Gasteiger partial charge in [-0.1, -0.05) is 12.1 Å². The van der Waals surface area contributed by atoms with Crippen molar-refractivity contribution in [3.8, 4) is 0 Å². The Labute approximate surface area is 128 Å². The van der Waals surface area contributed by atoms with Gasteiger partial charge in [0, 0.05) is 17.3 Å². The van der Waals surface area contributed by atoms with E-state index in [-0.39, 0.29) is 11.9 Å². The number of carbonyl (C=O) groups is 1. The average Bonchev–Trinajstić information content (AvgIpc) is 3.25. The van der Waals surface area contributed by atoms with Crippen LogP contribution in [0.25, 0.3) is 0 Å². The Morgan fingerprint density at radius 1 is 1.45 bits per heavy atom. The number of halogens is 1. The molecule has 110 valence electrons. The molecule has 1 aromatic rings. The minimum atomic E-state index is -0.797. The van der Waals surface area contributed by atoms with Gasteiger partial charge in [-0.25, -0.2) is 4.79 Å². The van der Waals surface area contributed by atoms with E-state index in [2.05, 4.69) is 21.2 Å². The number of ether oxygens (including phenoxy) is 2.